The summed E-state index contributed by atoms with van der Waals surface area (Å²) in [6.45, 7) is 2.14. The van der Waals surface area contributed by atoms with Crippen LogP contribution in [0.4, 0.5) is 0 Å². The lowest BCUT2D eigenvalue weighted by Gasteiger charge is -2.27. The van der Waals surface area contributed by atoms with E-state index < -0.39 is 33.2 Å². The number of rotatable bonds is 6. The van der Waals surface area contributed by atoms with Gasteiger partial charge in [-0.3, -0.25) is 4.79 Å². The predicted molar refractivity (Wildman–Crippen MR) is 85.3 cm³/mol. The first-order valence-corrected chi connectivity index (χ1v) is 9.92. The van der Waals surface area contributed by atoms with Crippen LogP contribution in [0.15, 0.2) is 0 Å². The summed E-state index contributed by atoms with van der Waals surface area (Å²) in [4.78, 5) is 23.4. The van der Waals surface area contributed by atoms with E-state index in [0.717, 1.165) is 38.5 Å². The van der Waals surface area contributed by atoms with Crippen LogP contribution >= 0.6 is 0 Å². The zero-order valence-corrected chi connectivity index (χ0v) is 14.3. The quantitative estimate of drug-likeness (QED) is 0.664. The van der Waals surface area contributed by atoms with Gasteiger partial charge < -0.3 is 10.4 Å². The number of nitrogens with one attached hydrogen (secondary N) is 2. The summed E-state index contributed by atoms with van der Waals surface area (Å²) in [5.41, 5.74) is -1.30. The second kappa shape index (κ2) is 7.17. The number of sulfonamides is 1. The lowest BCUT2D eigenvalue weighted by molar-refractivity contribution is -0.147. The van der Waals surface area contributed by atoms with Crippen LogP contribution in [0, 0.1) is 5.92 Å². The molecule has 8 heteroatoms. The monoisotopic (exact) mass is 346 g/mol. The van der Waals surface area contributed by atoms with E-state index in [9.17, 15) is 23.1 Å². The minimum atomic E-state index is -3.75. The van der Waals surface area contributed by atoms with Crippen LogP contribution in [0.1, 0.15) is 58.3 Å². The molecule has 0 heterocycles. The highest BCUT2D eigenvalue weighted by atomic mass is 32.2. The first-order chi connectivity index (χ1) is 10.7. The molecule has 0 aromatic heterocycles. The number of aliphatic carboxylic acids is 1. The zero-order valence-electron chi connectivity index (χ0n) is 13.5. The molecule has 2 saturated carbocycles. The first-order valence-electron chi connectivity index (χ1n) is 8.27. The summed E-state index contributed by atoms with van der Waals surface area (Å²) in [6.07, 6.45) is 5.64. The molecule has 3 N–H and O–H groups in total. The number of carboxylic acids is 1. The van der Waals surface area contributed by atoms with E-state index in [1.54, 1.807) is 0 Å². The number of carbonyl (C=O) groups is 2. The van der Waals surface area contributed by atoms with Gasteiger partial charge in [0.2, 0.25) is 15.9 Å². The maximum absolute atomic E-state index is 12.1. The highest BCUT2D eigenvalue weighted by Gasteiger charge is 2.43. The summed E-state index contributed by atoms with van der Waals surface area (Å²) in [7, 11) is -3.75. The van der Waals surface area contributed by atoms with Crippen LogP contribution < -0.4 is 10.0 Å². The van der Waals surface area contributed by atoms with E-state index >= 15 is 0 Å². The SMILES string of the molecule is CC1CCC(NS(=O)(=O)CC(=O)NC2(C(=O)O)CCCC2)CC1. The summed E-state index contributed by atoms with van der Waals surface area (Å²) >= 11 is 0. The number of carboxylic acid groups (broad SMARTS) is 1. The Morgan fingerprint density at radius 1 is 1.13 bits per heavy atom. The van der Waals surface area contributed by atoms with Crippen molar-refractivity contribution in [1.82, 2.24) is 10.0 Å². The van der Waals surface area contributed by atoms with Gasteiger partial charge in [0.25, 0.3) is 0 Å². The van der Waals surface area contributed by atoms with Gasteiger partial charge >= 0.3 is 5.97 Å². The van der Waals surface area contributed by atoms with E-state index in [4.69, 9.17) is 0 Å². The molecule has 0 atom stereocenters. The van der Waals surface area contributed by atoms with E-state index in [1.807, 2.05) is 0 Å². The van der Waals surface area contributed by atoms with Crippen molar-refractivity contribution < 1.29 is 23.1 Å². The standard InChI is InChI=1S/C15H26N2O5S/c1-11-4-6-12(7-5-11)17-23(21,22)10-13(18)16-15(14(19)20)8-2-3-9-15/h11-12,17H,2-10H2,1H3,(H,16,18)(H,19,20). The van der Waals surface area contributed by atoms with Crippen LogP contribution in [0.25, 0.3) is 0 Å². The molecule has 2 fully saturated rings. The van der Waals surface area contributed by atoms with Crippen LogP contribution in [-0.4, -0.2) is 42.7 Å². The van der Waals surface area contributed by atoms with E-state index in [2.05, 4.69) is 17.0 Å². The van der Waals surface area contributed by atoms with Gasteiger partial charge in [-0.25, -0.2) is 17.9 Å². The Hall–Kier alpha value is -1.15. The fraction of sp³-hybridized carbons (Fsp3) is 0.867. The molecule has 7 nitrogen and oxygen atoms in total. The Kier molecular flexibility index (Phi) is 5.67. The molecule has 1 amide bonds. The highest BCUT2D eigenvalue weighted by Crippen LogP contribution is 2.30. The number of amides is 1. The van der Waals surface area contributed by atoms with Crippen molar-refractivity contribution in [2.24, 2.45) is 5.92 Å². The molecule has 0 aromatic carbocycles. The zero-order chi connectivity index (χ0) is 17.1. The van der Waals surface area contributed by atoms with E-state index in [-0.39, 0.29) is 6.04 Å². The Bertz CT molecular complexity index is 546. The molecule has 0 bridgehead atoms. The Morgan fingerprint density at radius 2 is 1.70 bits per heavy atom. The maximum Gasteiger partial charge on any atom is 0.329 e. The molecule has 0 aliphatic heterocycles. The van der Waals surface area contributed by atoms with Crippen molar-refractivity contribution in [2.75, 3.05) is 5.75 Å². The molecule has 0 aromatic rings. The molecule has 132 valence electrons. The molecule has 2 aliphatic carbocycles. The van der Waals surface area contributed by atoms with Gasteiger partial charge in [-0.2, -0.15) is 0 Å². The second-order valence-corrected chi connectivity index (χ2v) is 8.73. The summed E-state index contributed by atoms with van der Waals surface area (Å²) in [5, 5.41) is 11.8. The van der Waals surface area contributed by atoms with Gasteiger partial charge in [0, 0.05) is 6.04 Å². The second-order valence-electron chi connectivity index (χ2n) is 6.98. The largest absolute Gasteiger partial charge is 0.480 e. The molecular weight excluding hydrogens is 320 g/mol. The van der Waals surface area contributed by atoms with Crippen molar-refractivity contribution in [3.05, 3.63) is 0 Å². The molecule has 2 rings (SSSR count). The Morgan fingerprint density at radius 3 is 2.22 bits per heavy atom. The molecular formula is C15H26N2O5S. The van der Waals surface area contributed by atoms with E-state index in [0.29, 0.717) is 18.8 Å². The first kappa shape index (κ1) is 18.2. The average Bonchev–Trinajstić information content (AvgIpc) is 2.90. The van der Waals surface area contributed by atoms with Gasteiger partial charge in [0.15, 0.2) is 0 Å². The number of hydrogen-bond donors (Lipinski definition) is 3. The minimum absolute atomic E-state index is 0.121. The molecule has 0 spiro atoms. The molecule has 2 aliphatic rings. The normalized spacial score (nSPS) is 27.5. The lowest BCUT2D eigenvalue weighted by atomic mass is 9.88. The summed E-state index contributed by atoms with van der Waals surface area (Å²) < 4.78 is 26.8. The highest BCUT2D eigenvalue weighted by molar-refractivity contribution is 7.90. The molecule has 0 radical (unpaired) electrons. The maximum atomic E-state index is 12.1. The van der Waals surface area contributed by atoms with Gasteiger partial charge in [0.05, 0.1) is 0 Å². The summed E-state index contributed by atoms with van der Waals surface area (Å²) in [5.74, 6) is -1.94. The number of hydrogen-bond acceptors (Lipinski definition) is 4. The topological polar surface area (TPSA) is 113 Å². The summed E-state index contributed by atoms with van der Waals surface area (Å²) in [6, 6.07) is -0.121. The van der Waals surface area contributed by atoms with Gasteiger partial charge in [0.1, 0.15) is 11.3 Å². The van der Waals surface area contributed by atoms with Crippen molar-refractivity contribution in [3.8, 4) is 0 Å². The van der Waals surface area contributed by atoms with Gasteiger partial charge in [-0.15, -0.1) is 0 Å². The fourth-order valence-electron chi connectivity index (χ4n) is 3.52. The average molecular weight is 346 g/mol. The Balaban J connectivity index is 1.89. The van der Waals surface area contributed by atoms with Crippen LogP contribution in [0.5, 0.6) is 0 Å². The van der Waals surface area contributed by atoms with Crippen molar-refractivity contribution in [1.29, 1.82) is 0 Å². The van der Waals surface area contributed by atoms with Gasteiger partial charge in [-0.1, -0.05) is 19.8 Å². The minimum Gasteiger partial charge on any atom is -0.480 e. The van der Waals surface area contributed by atoms with E-state index in [1.165, 1.54) is 0 Å². The van der Waals surface area contributed by atoms with Crippen LogP contribution in [0.3, 0.4) is 0 Å². The van der Waals surface area contributed by atoms with Crippen molar-refractivity contribution in [3.63, 3.8) is 0 Å². The van der Waals surface area contributed by atoms with Crippen LogP contribution in [-0.2, 0) is 19.6 Å². The van der Waals surface area contributed by atoms with Crippen LogP contribution in [0.2, 0.25) is 0 Å². The number of carbonyl (C=O) groups excluding carboxylic acids is 1. The van der Waals surface area contributed by atoms with Gasteiger partial charge in [-0.05, 0) is 44.4 Å². The fourth-order valence-corrected chi connectivity index (χ4v) is 4.76. The smallest absolute Gasteiger partial charge is 0.329 e. The lowest BCUT2D eigenvalue weighted by Crippen LogP contribution is -2.54. The predicted octanol–water partition coefficient (Wildman–Crippen LogP) is 0.998. The molecule has 23 heavy (non-hydrogen) atoms. The Labute approximate surface area is 137 Å². The third-order valence-corrected chi connectivity index (χ3v) is 6.26. The third kappa shape index (κ3) is 4.91. The third-order valence-electron chi connectivity index (χ3n) is 4.93. The molecule has 0 saturated heterocycles. The van der Waals surface area contributed by atoms with Crippen molar-refractivity contribution in [2.45, 2.75) is 69.9 Å². The van der Waals surface area contributed by atoms with Crippen molar-refractivity contribution >= 4 is 21.9 Å². The molecule has 0 unspecified atom stereocenters.